The second-order valence-electron chi connectivity index (χ2n) is 10.6. The molecular weight excluding hydrogens is 430 g/mol. The summed E-state index contributed by atoms with van der Waals surface area (Å²) >= 11 is 0. The Labute approximate surface area is 194 Å². The Morgan fingerprint density at radius 1 is 1.09 bits per heavy atom. The van der Waals surface area contributed by atoms with Crippen molar-refractivity contribution in [3.8, 4) is 0 Å². The molecule has 0 aromatic heterocycles. The SMILES string of the molecule is CCOC(=O)N1CCC2(CC(N3CC=C([C@@H]4CCCN4C(=O)N4CCC(F)(F)C4)CC3)C2)C1. The monoisotopic (exact) mass is 466 g/mol. The molecule has 0 unspecified atom stereocenters. The average molecular weight is 467 g/mol. The van der Waals surface area contributed by atoms with Crippen molar-refractivity contribution in [2.45, 2.75) is 69.9 Å². The van der Waals surface area contributed by atoms with Crippen molar-refractivity contribution in [2.75, 3.05) is 52.4 Å². The molecule has 5 rings (SSSR count). The van der Waals surface area contributed by atoms with Crippen LogP contribution in [-0.4, -0.2) is 102 Å². The molecule has 33 heavy (non-hydrogen) atoms. The number of ether oxygens (including phenoxy) is 1. The quantitative estimate of drug-likeness (QED) is 0.597. The molecule has 9 heteroatoms. The van der Waals surface area contributed by atoms with E-state index in [0.717, 1.165) is 64.7 Å². The molecule has 3 saturated heterocycles. The number of carbonyl (C=O) groups excluding carboxylic acids is 2. The maximum atomic E-state index is 13.6. The van der Waals surface area contributed by atoms with Gasteiger partial charge < -0.3 is 19.4 Å². The van der Waals surface area contributed by atoms with Crippen molar-refractivity contribution < 1.29 is 23.1 Å². The Balaban J connectivity index is 1.13. The fourth-order valence-corrected chi connectivity index (χ4v) is 6.63. The van der Waals surface area contributed by atoms with Gasteiger partial charge in [0.15, 0.2) is 0 Å². The fraction of sp³-hybridized carbons (Fsp3) is 0.833. The van der Waals surface area contributed by atoms with Gasteiger partial charge in [0.05, 0.1) is 19.2 Å². The van der Waals surface area contributed by atoms with Gasteiger partial charge in [-0.1, -0.05) is 6.08 Å². The smallest absolute Gasteiger partial charge is 0.409 e. The molecule has 4 aliphatic heterocycles. The Kier molecular flexibility index (Phi) is 6.04. The van der Waals surface area contributed by atoms with Gasteiger partial charge in [-0.25, -0.2) is 18.4 Å². The number of amides is 3. The van der Waals surface area contributed by atoms with Crippen LogP contribution in [0.15, 0.2) is 11.6 Å². The Morgan fingerprint density at radius 2 is 1.88 bits per heavy atom. The minimum Gasteiger partial charge on any atom is -0.450 e. The summed E-state index contributed by atoms with van der Waals surface area (Å²) in [5.74, 6) is -2.75. The molecule has 1 saturated carbocycles. The number of halogens is 2. The topological polar surface area (TPSA) is 56.3 Å². The molecule has 0 aromatic rings. The predicted molar refractivity (Wildman–Crippen MR) is 119 cm³/mol. The van der Waals surface area contributed by atoms with Gasteiger partial charge in [0.25, 0.3) is 5.92 Å². The van der Waals surface area contributed by atoms with Crippen LogP contribution in [0, 0.1) is 5.41 Å². The van der Waals surface area contributed by atoms with E-state index in [1.807, 2.05) is 16.7 Å². The van der Waals surface area contributed by atoms with E-state index in [9.17, 15) is 18.4 Å². The molecule has 4 fully saturated rings. The van der Waals surface area contributed by atoms with Gasteiger partial charge in [0.2, 0.25) is 0 Å². The summed E-state index contributed by atoms with van der Waals surface area (Å²) in [6.07, 6.45) is 7.98. The minimum atomic E-state index is -2.75. The van der Waals surface area contributed by atoms with Crippen LogP contribution in [0.5, 0.6) is 0 Å². The number of likely N-dealkylation sites (tertiary alicyclic amines) is 3. The summed E-state index contributed by atoms with van der Waals surface area (Å²) in [5, 5.41) is 0. The lowest BCUT2D eigenvalue weighted by Crippen LogP contribution is -2.54. The fourth-order valence-electron chi connectivity index (χ4n) is 6.63. The lowest BCUT2D eigenvalue weighted by Gasteiger charge is -2.51. The summed E-state index contributed by atoms with van der Waals surface area (Å²) in [6, 6.07) is 0.402. The van der Waals surface area contributed by atoms with Crippen LogP contribution in [0.2, 0.25) is 0 Å². The standard InChI is InChI=1S/C24H36F2N4O3/c1-2-33-22(32)29-12-7-23(16-29)14-19(15-23)27-10-5-18(6-11-27)20-4-3-9-30(20)21(31)28-13-8-24(25,26)17-28/h5,19-20H,2-4,6-17H2,1H3/t19?,20-,23?/m0/s1. The van der Waals surface area contributed by atoms with Crippen molar-refractivity contribution in [1.29, 1.82) is 0 Å². The Morgan fingerprint density at radius 3 is 2.55 bits per heavy atom. The van der Waals surface area contributed by atoms with Crippen LogP contribution in [0.1, 0.15) is 51.9 Å². The van der Waals surface area contributed by atoms with Crippen molar-refractivity contribution in [3.63, 3.8) is 0 Å². The van der Waals surface area contributed by atoms with E-state index >= 15 is 0 Å². The summed E-state index contributed by atoms with van der Waals surface area (Å²) in [6.45, 7) is 6.10. The molecular formula is C24H36F2N4O3. The normalized spacial score (nSPS) is 34.0. The molecule has 4 heterocycles. The number of hydrogen-bond donors (Lipinski definition) is 0. The largest absolute Gasteiger partial charge is 0.450 e. The molecule has 0 radical (unpaired) electrons. The van der Waals surface area contributed by atoms with E-state index in [2.05, 4.69) is 11.0 Å². The third-order valence-electron chi connectivity index (χ3n) is 8.46. The van der Waals surface area contributed by atoms with Gasteiger partial charge in [-0.3, -0.25) is 4.90 Å². The molecule has 0 bridgehead atoms. The van der Waals surface area contributed by atoms with Crippen molar-refractivity contribution in [2.24, 2.45) is 5.41 Å². The van der Waals surface area contributed by atoms with Gasteiger partial charge in [-0.15, -0.1) is 0 Å². The molecule has 1 atom stereocenters. The highest BCUT2D eigenvalue weighted by molar-refractivity contribution is 5.76. The zero-order valence-electron chi connectivity index (χ0n) is 19.6. The molecule has 3 amide bonds. The lowest BCUT2D eigenvalue weighted by molar-refractivity contribution is 0.00944. The summed E-state index contributed by atoms with van der Waals surface area (Å²) < 4.78 is 32.4. The third kappa shape index (κ3) is 4.45. The van der Waals surface area contributed by atoms with Gasteiger partial charge >= 0.3 is 12.1 Å². The van der Waals surface area contributed by atoms with Gasteiger partial charge in [-0.05, 0) is 56.4 Å². The first kappa shape index (κ1) is 22.9. The number of urea groups is 1. The second kappa shape index (κ2) is 8.71. The van der Waals surface area contributed by atoms with Crippen LogP contribution in [-0.2, 0) is 4.74 Å². The van der Waals surface area contributed by atoms with Crippen LogP contribution in [0.4, 0.5) is 18.4 Å². The summed E-state index contributed by atoms with van der Waals surface area (Å²) in [4.78, 5) is 32.5. The van der Waals surface area contributed by atoms with Gasteiger partial charge in [0.1, 0.15) is 0 Å². The number of hydrogen-bond acceptors (Lipinski definition) is 4. The van der Waals surface area contributed by atoms with Crippen molar-refractivity contribution in [1.82, 2.24) is 19.6 Å². The van der Waals surface area contributed by atoms with Crippen molar-refractivity contribution >= 4 is 12.1 Å². The molecule has 184 valence electrons. The molecule has 1 aliphatic carbocycles. The molecule has 1 spiro atoms. The maximum absolute atomic E-state index is 13.6. The number of nitrogens with zero attached hydrogens (tertiary/aromatic N) is 4. The second-order valence-corrected chi connectivity index (χ2v) is 10.6. The van der Waals surface area contributed by atoms with E-state index in [0.29, 0.717) is 19.2 Å². The van der Waals surface area contributed by atoms with Crippen LogP contribution >= 0.6 is 0 Å². The van der Waals surface area contributed by atoms with Crippen LogP contribution < -0.4 is 0 Å². The average Bonchev–Trinajstić information content (AvgIpc) is 3.50. The highest BCUT2D eigenvalue weighted by Gasteiger charge is 2.51. The van der Waals surface area contributed by atoms with E-state index in [1.54, 1.807) is 0 Å². The lowest BCUT2D eigenvalue weighted by atomic mass is 9.64. The summed E-state index contributed by atoms with van der Waals surface area (Å²) in [7, 11) is 0. The molecule has 0 N–H and O–H groups in total. The number of rotatable bonds is 3. The zero-order valence-corrected chi connectivity index (χ0v) is 19.6. The summed E-state index contributed by atoms with van der Waals surface area (Å²) in [5.41, 5.74) is 1.56. The Hall–Kier alpha value is -1.90. The van der Waals surface area contributed by atoms with E-state index < -0.39 is 12.5 Å². The minimum absolute atomic E-state index is 0.0644. The first-order valence-electron chi connectivity index (χ1n) is 12.6. The third-order valence-corrected chi connectivity index (χ3v) is 8.46. The Bertz CT molecular complexity index is 814. The van der Waals surface area contributed by atoms with Crippen molar-refractivity contribution in [3.05, 3.63) is 11.6 Å². The zero-order chi connectivity index (χ0) is 23.2. The van der Waals surface area contributed by atoms with Crippen LogP contribution in [0.25, 0.3) is 0 Å². The number of carbonyl (C=O) groups is 2. The maximum Gasteiger partial charge on any atom is 0.409 e. The predicted octanol–water partition coefficient (Wildman–Crippen LogP) is 3.55. The van der Waals surface area contributed by atoms with E-state index in [4.69, 9.17) is 4.74 Å². The van der Waals surface area contributed by atoms with Crippen LogP contribution in [0.3, 0.4) is 0 Å². The highest BCUT2D eigenvalue weighted by atomic mass is 19.3. The van der Waals surface area contributed by atoms with Gasteiger partial charge in [0, 0.05) is 51.7 Å². The highest BCUT2D eigenvalue weighted by Crippen LogP contribution is 2.50. The molecule has 5 aliphatic rings. The molecule has 0 aromatic carbocycles. The first-order valence-corrected chi connectivity index (χ1v) is 12.6. The molecule has 7 nitrogen and oxygen atoms in total. The number of alkyl halides is 2. The first-order chi connectivity index (χ1) is 15.8. The van der Waals surface area contributed by atoms with E-state index in [1.165, 1.54) is 10.5 Å². The van der Waals surface area contributed by atoms with E-state index in [-0.39, 0.29) is 36.5 Å². The van der Waals surface area contributed by atoms with Gasteiger partial charge in [-0.2, -0.15) is 0 Å².